The molecule has 21 heavy (non-hydrogen) atoms. The molecule has 0 saturated carbocycles. The first kappa shape index (κ1) is 14.1. The van der Waals surface area contributed by atoms with E-state index in [0.29, 0.717) is 22.5 Å². The summed E-state index contributed by atoms with van der Waals surface area (Å²) in [6.45, 7) is 0.458. The van der Waals surface area contributed by atoms with Crippen molar-refractivity contribution in [2.45, 2.75) is 17.5 Å². The summed E-state index contributed by atoms with van der Waals surface area (Å²) in [5, 5.41) is 12.6. The Morgan fingerprint density at radius 1 is 1.33 bits per heavy atom. The van der Waals surface area contributed by atoms with Crippen LogP contribution in [0.2, 0.25) is 5.02 Å². The lowest BCUT2D eigenvalue weighted by atomic mass is 10.2. The van der Waals surface area contributed by atoms with E-state index in [4.69, 9.17) is 16.0 Å². The maximum Gasteiger partial charge on any atom is 0.210 e. The standard InChI is InChI=1S/C13H10ClFN4OS/c14-12-6-10(15)4-3-9(12)8-21-13-16-17-18-19(13)7-11-2-1-5-20-11/h1-6H,7-8H2. The number of tetrazole rings is 1. The SMILES string of the molecule is Fc1ccc(CSc2nnnn2Cc2ccco2)c(Cl)c1. The molecule has 0 unspecified atom stereocenters. The van der Waals surface area contributed by atoms with E-state index in [1.807, 2.05) is 12.1 Å². The highest BCUT2D eigenvalue weighted by molar-refractivity contribution is 7.98. The maximum absolute atomic E-state index is 13.0. The van der Waals surface area contributed by atoms with Crippen molar-refractivity contribution in [3.63, 3.8) is 0 Å². The Hall–Kier alpha value is -1.86. The number of hydrogen-bond acceptors (Lipinski definition) is 5. The lowest BCUT2D eigenvalue weighted by Gasteiger charge is -2.04. The Balaban J connectivity index is 1.69. The molecule has 0 aliphatic carbocycles. The number of hydrogen-bond donors (Lipinski definition) is 0. The Labute approximate surface area is 129 Å². The highest BCUT2D eigenvalue weighted by Crippen LogP contribution is 2.26. The number of furan rings is 1. The number of benzene rings is 1. The van der Waals surface area contributed by atoms with Gasteiger partial charge in [-0.15, -0.1) is 5.10 Å². The predicted molar refractivity (Wildman–Crippen MR) is 76.6 cm³/mol. The lowest BCUT2D eigenvalue weighted by Crippen LogP contribution is -2.03. The summed E-state index contributed by atoms with van der Waals surface area (Å²) in [5.41, 5.74) is 0.829. The molecule has 0 atom stereocenters. The van der Waals surface area contributed by atoms with Crippen LogP contribution in [0.5, 0.6) is 0 Å². The molecular formula is C13H10ClFN4OS. The van der Waals surface area contributed by atoms with Crippen molar-refractivity contribution in [2.75, 3.05) is 0 Å². The normalized spacial score (nSPS) is 11.0. The summed E-state index contributed by atoms with van der Waals surface area (Å²) >= 11 is 7.42. The first-order chi connectivity index (χ1) is 10.2. The molecule has 5 nitrogen and oxygen atoms in total. The fourth-order valence-electron chi connectivity index (χ4n) is 1.73. The molecule has 0 amide bonds. The zero-order valence-electron chi connectivity index (χ0n) is 10.7. The molecular weight excluding hydrogens is 315 g/mol. The van der Waals surface area contributed by atoms with Gasteiger partial charge in [0.25, 0.3) is 0 Å². The Morgan fingerprint density at radius 3 is 3.00 bits per heavy atom. The molecule has 0 aliphatic heterocycles. The van der Waals surface area contributed by atoms with Gasteiger partial charge < -0.3 is 4.42 Å². The van der Waals surface area contributed by atoms with Crippen LogP contribution in [0.4, 0.5) is 4.39 Å². The minimum atomic E-state index is -0.351. The van der Waals surface area contributed by atoms with E-state index in [2.05, 4.69) is 15.5 Å². The number of nitrogens with zero attached hydrogens (tertiary/aromatic N) is 4. The number of rotatable bonds is 5. The van der Waals surface area contributed by atoms with Crippen LogP contribution in [0.15, 0.2) is 46.2 Å². The van der Waals surface area contributed by atoms with Crippen LogP contribution >= 0.6 is 23.4 Å². The van der Waals surface area contributed by atoms with Gasteiger partial charge in [-0.05, 0) is 40.3 Å². The smallest absolute Gasteiger partial charge is 0.210 e. The molecule has 0 fully saturated rings. The van der Waals surface area contributed by atoms with Crippen molar-refractivity contribution >= 4 is 23.4 Å². The van der Waals surface area contributed by atoms with E-state index >= 15 is 0 Å². The largest absolute Gasteiger partial charge is 0.467 e. The molecule has 0 saturated heterocycles. The van der Waals surface area contributed by atoms with Gasteiger partial charge >= 0.3 is 0 Å². The molecule has 0 bridgehead atoms. The van der Waals surface area contributed by atoms with Gasteiger partial charge in [0.05, 0.1) is 6.26 Å². The summed E-state index contributed by atoms with van der Waals surface area (Å²) in [7, 11) is 0. The fraction of sp³-hybridized carbons (Fsp3) is 0.154. The van der Waals surface area contributed by atoms with Gasteiger partial charge in [-0.3, -0.25) is 0 Å². The third kappa shape index (κ3) is 3.43. The Kier molecular flexibility index (Phi) is 4.21. The quantitative estimate of drug-likeness (QED) is 0.673. The average Bonchev–Trinajstić information content (AvgIpc) is 3.10. The third-order valence-electron chi connectivity index (χ3n) is 2.76. The van der Waals surface area contributed by atoms with Crippen molar-refractivity contribution in [3.8, 4) is 0 Å². The van der Waals surface area contributed by atoms with Gasteiger partial charge in [0.1, 0.15) is 18.1 Å². The van der Waals surface area contributed by atoms with Crippen LogP contribution in [0.3, 0.4) is 0 Å². The van der Waals surface area contributed by atoms with Crippen LogP contribution in [-0.2, 0) is 12.3 Å². The maximum atomic E-state index is 13.0. The van der Waals surface area contributed by atoms with Crippen LogP contribution in [0.25, 0.3) is 0 Å². The summed E-state index contributed by atoms with van der Waals surface area (Å²) < 4.78 is 19.9. The molecule has 0 aliphatic rings. The second-order valence-corrected chi connectivity index (χ2v) is 5.57. The van der Waals surface area contributed by atoms with E-state index in [0.717, 1.165) is 11.3 Å². The van der Waals surface area contributed by atoms with Gasteiger partial charge in [0.15, 0.2) is 0 Å². The first-order valence-electron chi connectivity index (χ1n) is 6.07. The Morgan fingerprint density at radius 2 is 2.24 bits per heavy atom. The summed E-state index contributed by atoms with van der Waals surface area (Å²) in [4.78, 5) is 0. The minimum Gasteiger partial charge on any atom is -0.467 e. The molecule has 8 heteroatoms. The second kappa shape index (κ2) is 6.28. The van der Waals surface area contributed by atoms with E-state index in [-0.39, 0.29) is 5.82 Å². The molecule has 1 aromatic carbocycles. The second-order valence-electron chi connectivity index (χ2n) is 4.22. The van der Waals surface area contributed by atoms with Gasteiger partial charge in [-0.1, -0.05) is 29.4 Å². The van der Waals surface area contributed by atoms with Gasteiger partial charge in [0, 0.05) is 10.8 Å². The lowest BCUT2D eigenvalue weighted by molar-refractivity contribution is 0.462. The molecule has 0 spiro atoms. The molecule has 0 radical (unpaired) electrons. The molecule has 3 aromatic rings. The van der Waals surface area contributed by atoms with E-state index in [9.17, 15) is 4.39 Å². The van der Waals surface area contributed by atoms with Crippen molar-refractivity contribution in [3.05, 3.63) is 58.8 Å². The fourth-order valence-corrected chi connectivity index (χ4v) is 2.92. The van der Waals surface area contributed by atoms with E-state index in [1.54, 1.807) is 17.0 Å². The monoisotopic (exact) mass is 324 g/mol. The highest BCUT2D eigenvalue weighted by Gasteiger charge is 2.10. The molecule has 2 heterocycles. The topological polar surface area (TPSA) is 56.7 Å². The first-order valence-corrected chi connectivity index (χ1v) is 7.44. The van der Waals surface area contributed by atoms with Crippen molar-refractivity contribution < 1.29 is 8.81 Å². The zero-order valence-corrected chi connectivity index (χ0v) is 12.3. The number of aromatic nitrogens is 4. The van der Waals surface area contributed by atoms with E-state index < -0.39 is 0 Å². The highest BCUT2D eigenvalue weighted by atomic mass is 35.5. The third-order valence-corrected chi connectivity index (χ3v) is 4.11. The number of halogens is 2. The zero-order chi connectivity index (χ0) is 14.7. The minimum absolute atomic E-state index is 0.351. The molecule has 3 rings (SSSR count). The number of thioether (sulfide) groups is 1. The van der Waals surface area contributed by atoms with Crippen LogP contribution in [0, 0.1) is 5.82 Å². The summed E-state index contributed by atoms with van der Waals surface area (Å²) in [6.07, 6.45) is 1.60. The van der Waals surface area contributed by atoms with Crippen molar-refractivity contribution in [2.24, 2.45) is 0 Å². The summed E-state index contributed by atoms with van der Waals surface area (Å²) in [6, 6.07) is 8.00. The van der Waals surface area contributed by atoms with Gasteiger partial charge in [-0.25, -0.2) is 9.07 Å². The molecule has 108 valence electrons. The van der Waals surface area contributed by atoms with E-state index in [1.165, 1.54) is 23.9 Å². The van der Waals surface area contributed by atoms with Crippen LogP contribution in [-0.4, -0.2) is 20.2 Å². The summed E-state index contributed by atoms with van der Waals surface area (Å²) in [5.74, 6) is 0.970. The predicted octanol–water partition coefficient (Wildman–Crippen LogP) is 3.40. The van der Waals surface area contributed by atoms with Crippen LogP contribution < -0.4 is 0 Å². The molecule has 0 N–H and O–H groups in total. The van der Waals surface area contributed by atoms with Gasteiger partial charge in [0.2, 0.25) is 5.16 Å². The van der Waals surface area contributed by atoms with Crippen molar-refractivity contribution in [1.29, 1.82) is 0 Å². The van der Waals surface area contributed by atoms with Gasteiger partial charge in [-0.2, -0.15) is 0 Å². The molecule has 2 aromatic heterocycles. The Bertz CT molecular complexity index is 732. The average molecular weight is 325 g/mol. The van der Waals surface area contributed by atoms with Crippen molar-refractivity contribution in [1.82, 2.24) is 20.2 Å². The van der Waals surface area contributed by atoms with Crippen LogP contribution in [0.1, 0.15) is 11.3 Å².